The molecule has 1 unspecified atom stereocenters. The first kappa shape index (κ1) is 20.7. The number of aromatic amines is 1. The summed E-state index contributed by atoms with van der Waals surface area (Å²) >= 11 is 0. The van der Waals surface area contributed by atoms with E-state index >= 15 is 0 Å². The highest BCUT2D eigenvalue weighted by molar-refractivity contribution is 6.00. The number of aromatic nitrogens is 2. The molecule has 2 fully saturated rings. The van der Waals surface area contributed by atoms with Crippen molar-refractivity contribution in [2.45, 2.75) is 24.6 Å². The Hall–Kier alpha value is -3.16. The van der Waals surface area contributed by atoms with Crippen LogP contribution in [0.25, 0.3) is 11.3 Å². The third-order valence-electron chi connectivity index (χ3n) is 6.58. The minimum Gasteiger partial charge on any atom is -0.497 e. The first-order valence-electron chi connectivity index (χ1n) is 10.9. The van der Waals surface area contributed by atoms with Crippen molar-refractivity contribution in [2.75, 3.05) is 33.9 Å². The molecule has 1 spiro atoms. The zero-order chi connectivity index (χ0) is 22.1. The average molecular weight is 433 g/mol. The van der Waals surface area contributed by atoms with E-state index in [4.69, 9.17) is 9.47 Å². The molecule has 2 aromatic carbocycles. The van der Waals surface area contributed by atoms with Crippen LogP contribution >= 0.6 is 0 Å². The molecule has 2 saturated heterocycles. The molecule has 7 heteroatoms. The summed E-state index contributed by atoms with van der Waals surface area (Å²) in [5.41, 5.74) is 3.29. The molecule has 3 aromatic rings. The van der Waals surface area contributed by atoms with Crippen molar-refractivity contribution >= 4 is 5.91 Å². The van der Waals surface area contributed by atoms with Crippen molar-refractivity contribution < 1.29 is 14.3 Å². The van der Waals surface area contributed by atoms with E-state index in [1.54, 1.807) is 13.3 Å². The van der Waals surface area contributed by atoms with Gasteiger partial charge in [-0.2, -0.15) is 5.10 Å². The van der Waals surface area contributed by atoms with Crippen LogP contribution in [-0.4, -0.2) is 71.4 Å². The molecule has 0 radical (unpaired) electrons. The molecule has 5 rings (SSSR count). The van der Waals surface area contributed by atoms with Gasteiger partial charge in [-0.05, 0) is 43.3 Å². The Morgan fingerprint density at radius 3 is 2.69 bits per heavy atom. The lowest BCUT2D eigenvalue weighted by atomic mass is 9.88. The van der Waals surface area contributed by atoms with E-state index in [2.05, 4.69) is 46.4 Å². The lowest BCUT2D eigenvalue weighted by molar-refractivity contribution is -0.0950. The minimum absolute atomic E-state index is 0.0140. The van der Waals surface area contributed by atoms with Crippen LogP contribution in [0.2, 0.25) is 0 Å². The Morgan fingerprint density at radius 2 is 1.97 bits per heavy atom. The van der Waals surface area contributed by atoms with Crippen molar-refractivity contribution in [1.29, 1.82) is 0 Å². The number of ether oxygens (including phenoxy) is 2. The van der Waals surface area contributed by atoms with Crippen LogP contribution in [0.3, 0.4) is 0 Å². The Balaban J connectivity index is 1.21. The van der Waals surface area contributed by atoms with Crippen LogP contribution in [0.5, 0.6) is 5.75 Å². The maximum Gasteiger partial charge on any atom is 0.257 e. The number of carbonyl (C=O) groups excluding carboxylic acids is 1. The van der Waals surface area contributed by atoms with Crippen LogP contribution in [0.15, 0.2) is 60.8 Å². The number of nitrogens with one attached hydrogen (secondary N) is 1. The second-order valence-electron chi connectivity index (χ2n) is 8.80. The summed E-state index contributed by atoms with van der Waals surface area (Å²) < 4.78 is 11.4. The third kappa shape index (κ3) is 3.89. The van der Waals surface area contributed by atoms with Gasteiger partial charge in [0.25, 0.3) is 5.91 Å². The Morgan fingerprint density at radius 1 is 1.22 bits per heavy atom. The summed E-state index contributed by atoms with van der Waals surface area (Å²) in [5, 5.41) is 7.10. The molecule has 32 heavy (non-hydrogen) atoms. The Bertz CT molecular complexity index is 1070. The van der Waals surface area contributed by atoms with Crippen LogP contribution in [0.1, 0.15) is 22.3 Å². The molecule has 166 valence electrons. The molecule has 7 nitrogen and oxygen atoms in total. The van der Waals surface area contributed by atoms with Gasteiger partial charge in [-0.25, -0.2) is 0 Å². The number of H-pyrrole nitrogens is 1. The van der Waals surface area contributed by atoms with Crippen molar-refractivity contribution in [3.8, 4) is 17.0 Å². The summed E-state index contributed by atoms with van der Waals surface area (Å²) in [6, 6.07) is 18.4. The third-order valence-corrected chi connectivity index (χ3v) is 6.58. The number of rotatable bonds is 6. The molecular formula is C25H28N4O3. The van der Waals surface area contributed by atoms with E-state index in [9.17, 15) is 4.79 Å². The van der Waals surface area contributed by atoms with Crippen LogP contribution < -0.4 is 4.74 Å². The fourth-order valence-corrected chi connectivity index (χ4v) is 4.71. The number of nitrogens with zero attached hydrogens (tertiary/aromatic N) is 3. The number of amides is 1. The second-order valence-corrected chi connectivity index (χ2v) is 8.80. The highest BCUT2D eigenvalue weighted by Gasteiger charge is 2.52. The number of benzene rings is 2. The van der Waals surface area contributed by atoms with Gasteiger partial charge in [-0.1, -0.05) is 30.3 Å². The van der Waals surface area contributed by atoms with E-state index in [1.807, 2.05) is 35.2 Å². The Labute approximate surface area is 187 Å². The van der Waals surface area contributed by atoms with Crippen LogP contribution in [0.4, 0.5) is 0 Å². The largest absolute Gasteiger partial charge is 0.497 e. The van der Waals surface area contributed by atoms with E-state index in [0.717, 1.165) is 30.0 Å². The van der Waals surface area contributed by atoms with Gasteiger partial charge in [0, 0.05) is 18.2 Å². The monoisotopic (exact) mass is 432 g/mol. The smallest absolute Gasteiger partial charge is 0.257 e. The normalized spacial score (nSPS) is 19.3. The minimum atomic E-state index is -0.227. The van der Waals surface area contributed by atoms with Gasteiger partial charge in [0.2, 0.25) is 0 Å². The standard InChI is InChI=1S/C25H28N4O3/c1-28(14-18-6-4-3-5-7-18)20-12-25(32-15-20)16-29(17-25)24(30)22-13-26-27-23(22)19-8-10-21(31-2)11-9-19/h3-11,13,20H,12,14-17H2,1-2H3,(H,26,27). The predicted octanol–water partition coefficient (Wildman–Crippen LogP) is 3.20. The molecule has 1 aromatic heterocycles. The fraction of sp³-hybridized carbons (Fsp3) is 0.360. The number of carbonyl (C=O) groups is 1. The highest BCUT2D eigenvalue weighted by Crippen LogP contribution is 2.38. The molecule has 2 aliphatic rings. The molecular weight excluding hydrogens is 404 g/mol. The van der Waals surface area contributed by atoms with Crippen molar-refractivity contribution in [3.05, 3.63) is 71.9 Å². The lowest BCUT2D eigenvalue weighted by Crippen LogP contribution is -2.63. The number of methoxy groups -OCH3 is 1. The SMILES string of the molecule is COc1ccc(-c2[nH]ncc2C(=O)N2CC3(CC(N(C)Cc4ccccc4)CO3)C2)cc1. The maximum absolute atomic E-state index is 13.2. The molecule has 0 aliphatic carbocycles. The lowest BCUT2D eigenvalue weighted by Gasteiger charge is -2.47. The van der Waals surface area contributed by atoms with Gasteiger partial charge < -0.3 is 14.4 Å². The zero-order valence-electron chi connectivity index (χ0n) is 18.5. The van der Waals surface area contributed by atoms with E-state index in [0.29, 0.717) is 31.3 Å². The first-order valence-corrected chi connectivity index (χ1v) is 10.9. The molecule has 1 atom stereocenters. The van der Waals surface area contributed by atoms with E-state index < -0.39 is 0 Å². The quantitative estimate of drug-likeness (QED) is 0.648. The van der Waals surface area contributed by atoms with Gasteiger partial charge in [0.15, 0.2) is 0 Å². The van der Waals surface area contributed by atoms with Crippen molar-refractivity contribution in [2.24, 2.45) is 0 Å². The molecule has 1 amide bonds. The van der Waals surface area contributed by atoms with E-state index in [-0.39, 0.29) is 11.5 Å². The van der Waals surface area contributed by atoms with Gasteiger partial charge in [-0.15, -0.1) is 0 Å². The van der Waals surface area contributed by atoms with Crippen LogP contribution in [0, 0.1) is 0 Å². The summed E-state index contributed by atoms with van der Waals surface area (Å²) in [5.74, 6) is 0.760. The number of likely N-dealkylation sites (tertiary alicyclic amines) is 1. The van der Waals surface area contributed by atoms with E-state index in [1.165, 1.54) is 5.56 Å². The number of hydrogen-bond donors (Lipinski definition) is 1. The second kappa shape index (κ2) is 8.41. The molecule has 1 N–H and O–H groups in total. The topological polar surface area (TPSA) is 70.7 Å². The average Bonchev–Trinajstić information content (AvgIpc) is 3.46. The highest BCUT2D eigenvalue weighted by atomic mass is 16.5. The van der Waals surface area contributed by atoms with Crippen molar-refractivity contribution in [1.82, 2.24) is 20.0 Å². The fourth-order valence-electron chi connectivity index (χ4n) is 4.71. The molecule has 2 aliphatic heterocycles. The summed E-state index contributed by atoms with van der Waals surface area (Å²) in [6.45, 7) is 2.84. The summed E-state index contributed by atoms with van der Waals surface area (Å²) in [7, 11) is 3.78. The zero-order valence-corrected chi connectivity index (χ0v) is 18.5. The van der Waals surface area contributed by atoms with Crippen LogP contribution in [-0.2, 0) is 11.3 Å². The predicted molar refractivity (Wildman–Crippen MR) is 121 cm³/mol. The molecule has 3 heterocycles. The van der Waals surface area contributed by atoms with Gasteiger partial charge in [-0.3, -0.25) is 14.8 Å². The van der Waals surface area contributed by atoms with Gasteiger partial charge >= 0.3 is 0 Å². The molecule has 0 bridgehead atoms. The summed E-state index contributed by atoms with van der Waals surface area (Å²) in [4.78, 5) is 17.4. The number of hydrogen-bond acceptors (Lipinski definition) is 5. The first-order chi connectivity index (χ1) is 15.6. The molecule has 0 saturated carbocycles. The Kier molecular flexibility index (Phi) is 5.45. The van der Waals surface area contributed by atoms with Crippen molar-refractivity contribution in [3.63, 3.8) is 0 Å². The van der Waals surface area contributed by atoms with Gasteiger partial charge in [0.05, 0.1) is 44.3 Å². The summed E-state index contributed by atoms with van der Waals surface area (Å²) in [6.07, 6.45) is 2.55. The van der Waals surface area contributed by atoms with Gasteiger partial charge in [0.1, 0.15) is 11.4 Å². The maximum atomic E-state index is 13.2. The number of likely N-dealkylation sites (N-methyl/N-ethyl adjacent to an activating group) is 1.